The van der Waals surface area contributed by atoms with Gasteiger partial charge in [0.05, 0.1) is 17.5 Å². The number of imide groups is 1. The van der Waals surface area contributed by atoms with Crippen molar-refractivity contribution < 1.29 is 9.59 Å². The topological polar surface area (TPSA) is 49.4 Å². The third-order valence-electron chi connectivity index (χ3n) is 4.23. The van der Waals surface area contributed by atoms with Crippen LogP contribution in [0.3, 0.4) is 0 Å². The number of carbonyl (C=O) groups is 2. The van der Waals surface area contributed by atoms with E-state index in [1.165, 1.54) is 23.3 Å². The second kappa shape index (κ2) is 3.90. The lowest BCUT2D eigenvalue weighted by Gasteiger charge is -2.16. The average molecular weight is 256 g/mol. The SMILES string of the molecule is O=C1C2CC2C(=O)N1c1ccc(CNC2CC2)cc1. The van der Waals surface area contributed by atoms with Gasteiger partial charge in [-0.3, -0.25) is 14.5 Å². The summed E-state index contributed by atoms with van der Waals surface area (Å²) in [6, 6.07) is 8.44. The van der Waals surface area contributed by atoms with Crippen LogP contribution in [0.4, 0.5) is 5.69 Å². The van der Waals surface area contributed by atoms with Gasteiger partial charge in [0, 0.05) is 12.6 Å². The molecule has 1 heterocycles. The molecule has 2 amide bonds. The fraction of sp³-hybridized carbons (Fsp3) is 0.467. The van der Waals surface area contributed by atoms with Crippen molar-refractivity contribution in [1.82, 2.24) is 5.32 Å². The lowest BCUT2D eigenvalue weighted by molar-refractivity contribution is -0.123. The van der Waals surface area contributed by atoms with Crippen LogP contribution in [0.2, 0.25) is 0 Å². The van der Waals surface area contributed by atoms with Crippen LogP contribution in [0.25, 0.3) is 0 Å². The van der Waals surface area contributed by atoms with Crippen molar-refractivity contribution in [1.29, 1.82) is 0 Å². The van der Waals surface area contributed by atoms with Crippen LogP contribution in [0.5, 0.6) is 0 Å². The van der Waals surface area contributed by atoms with Crippen molar-refractivity contribution in [2.75, 3.05) is 4.90 Å². The molecule has 4 heteroatoms. The maximum absolute atomic E-state index is 12.0. The molecule has 1 saturated heterocycles. The molecule has 1 aromatic rings. The maximum atomic E-state index is 12.0. The van der Waals surface area contributed by atoms with E-state index >= 15 is 0 Å². The molecule has 1 N–H and O–H groups in total. The molecule has 2 atom stereocenters. The Labute approximate surface area is 111 Å². The minimum atomic E-state index is -0.0243. The number of hydrogen-bond acceptors (Lipinski definition) is 3. The van der Waals surface area contributed by atoms with Gasteiger partial charge in [-0.2, -0.15) is 0 Å². The minimum Gasteiger partial charge on any atom is -0.310 e. The van der Waals surface area contributed by atoms with Crippen LogP contribution in [-0.2, 0) is 16.1 Å². The summed E-state index contributed by atoms with van der Waals surface area (Å²) < 4.78 is 0. The Balaban J connectivity index is 1.49. The second-order valence-electron chi connectivity index (χ2n) is 5.78. The molecule has 3 aliphatic rings. The van der Waals surface area contributed by atoms with Gasteiger partial charge in [0.1, 0.15) is 0 Å². The Morgan fingerprint density at radius 1 is 1.05 bits per heavy atom. The zero-order valence-electron chi connectivity index (χ0n) is 10.6. The zero-order valence-corrected chi connectivity index (χ0v) is 10.6. The zero-order chi connectivity index (χ0) is 13.0. The summed E-state index contributed by atoms with van der Waals surface area (Å²) in [5.41, 5.74) is 1.91. The van der Waals surface area contributed by atoms with Gasteiger partial charge in [0.2, 0.25) is 11.8 Å². The van der Waals surface area contributed by atoms with E-state index in [1.807, 2.05) is 24.3 Å². The first-order chi connectivity index (χ1) is 9.24. The van der Waals surface area contributed by atoms with E-state index in [1.54, 1.807) is 0 Å². The first kappa shape index (κ1) is 11.2. The lowest BCUT2D eigenvalue weighted by atomic mass is 10.2. The van der Waals surface area contributed by atoms with Crippen LogP contribution >= 0.6 is 0 Å². The van der Waals surface area contributed by atoms with E-state index in [4.69, 9.17) is 0 Å². The number of piperidine rings is 1. The van der Waals surface area contributed by atoms with Crippen molar-refractivity contribution in [3.8, 4) is 0 Å². The predicted molar refractivity (Wildman–Crippen MR) is 70.4 cm³/mol. The molecule has 2 aliphatic carbocycles. The average Bonchev–Trinajstić information content (AvgIpc) is 3.30. The van der Waals surface area contributed by atoms with E-state index in [9.17, 15) is 9.59 Å². The Kier molecular flexibility index (Phi) is 2.30. The van der Waals surface area contributed by atoms with E-state index in [0.717, 1.165) is 18.7 Å². The second-order valence-corrected chi connectivity index (χ2v) is 5.78. The first-order valence-corrected chi connectivity index (χ1v) is 6.94. The minimum absolute atomic E-state index is 0.0149. The van der Waals surface area contributed by atoms with Gasteiger partial charge in [-0.05, 0) is 37.0 Å². The highest BCUT2D eigenvalue weighted by atomic mass is 16.2. The first-order valence-electron chi connectivity index (χ1n) is 6.94. The summed E-state index contributed by atoms with van der Waals surface area (Å²) in [5.74, 6) is -0.0786. The molecule has 0 aromatic heterocycles. The number of anilines is 1. The molecule has 98 valence electrons. The Morgan fingerprint density at radius 2 is 1.68 bits per heavy atom. The van der Waals surface area contributed by atoms with Crippen molar-refractivity contribution in [2.24, 2.45) is 11.8 Å². The smallest absolute Gasteiger partial charge is 0.237 e. The standard InChI is InChI=1S/C15H16N2O2/c18-14-12-7-13(12)15(19)17(14)11-5-1-9(2-6-11)8-16-10-3-4-10/h1-2,5-6,10,12-13,16H,3-4,7-8H2. The maximum Gasteiger partial charge on any atom is 0.237 e. The van der Waals surface area contributed by atoms with Crippen molar-refractivity contribution in [2.45, 2.75) is 31.8 Å². The molecule has 0 radical (unpaired) electrons. The molecular weight excluding hydrogens is 240 g/mol. The number of amides is 2. The van der Waals surface area contributed by atoms with Crippen LogP contribution < -0.4 is 10.2 Å². The highest BCUT2D eigenvalue weighted by Gasteiger charge is 2.59. The largest absolute Gasteiger partial charge is 0.310 e. The fourth-order valence-electron chi connectivity index (χ4n) is 2.75. The molecule has 1 aliphatic heterocycles. The summed E-state index contributed by atoms with van der Waals surface area (Å²) in [6.45, 7) is 0.859. The van der Waals surface area contributed by atoms with Crippen molar-refractivity contribution in [3.05, 3.63) is 29.8 Å². The molecule has 0 spiro atoms. The Bertz CT molecular complexity index is 528. The molecule has 2 unspecified atom stereocenters. The van der Waals surface area contributed by atoms with E-state index < -0.39 is 0 Å². The predicted octanol–water partition coefficient (Wildman–Crippen LogP) is 1.45. The summed E-state index contributed by atoms with van der Waals surface area (Å²) in [6.07, 6.45) is 3.31. The summed E-state index contributed by atoms with van der Waals surface area (Å²) in [5, 5.41) is 3.45. The van der Waals surface area contributed by atoms with Gasteiger partial charge in [-0.1, -0.05) is 12.1 Å². The van der Waals surface area contributed by atoms with Crippen molar-refractivity contribution >= 4 is 17.5 Å². The summed E-state index contributed by atoms with van der Waals surface area (Å²) in [4.78, 5) is 25.3. The molecule has 1 aromatic carbocycles. The van der Waals surface area contributed by atoms with E-state index in [-0.39, 0.29) is 23.7 Å². The number of rotatable bonds is 4. The summed E-state index contributed by atoms with van der Waals surface area (Å²) >= 11 is 0. The highest BCUT2D eigenvalue weighted by Crippen LogP contribution is 2.48. The molecule has 2 saturated carbocycles. The number of carbonyl (C=O) groups excluding carboxylic acids is 2. The summed E-state index contributed by atoms with van der Waals surface area (Å²) in [7, 11) is 0. The third kappa shape index (κ3) is 1.87. The van der Waals surface area contributed by atoms with Crippen LogP contribution in [-0.4, -0.2) is 17.9 Å². The number of fused-ring (bicyclic) bond motifs is 1. The normalized spacial score (nSPS) is 28.7. The van der Waals surface area contributed by atoms with Crippen molar-refractivity contribution in [3.63, 3.8) is 0 Å². The van der Waals surface area contributed by atoms with Crippen LogP contribution in [0, 0.1) is 11.8 Å². The molecule has 19 heavy (non-hydrogen) atoms. The molecule has 4 rings (SSSR count). The molecule has 0 bridgehead atoms. The quantitative estimate of drug-likeness (QED) is 0.829. The molecule has 3 fully saturated rings. The van der Waals surface area contributed by atoms with Gasteiger partial charge in [0.25, 0.3) is 0 Å². The third-order valence-corrected chi connectivity index (χ3v) is 4.23. The van der Waals surface area contributed by atoms with Gasteiger partial charge >= 0.3 is 0 Å². The van der Waals surface area contributed by atoms with Gasteiger partial charge in [-0.25, -0.2) is 0 Å². The lowest BCUT2D eigenvalue weighted by Crippen LogP contribution is -2.32. The number of nitrogens with one attached hydrogen (secondary N) is 1. The molecule has 4 nitrogen and oxygen atoms in total. The van der Waals surface area contributed by atoms with Gasteiger partial charge in [0.15, 0.2) is 0 Å². The van der Waals surface area contributed by atoms with Gasteiger partial charge < -0.3 is 5.32 Å². The van der Waals surface area contributed by atoms with Crippen LogP contribution in [0.1, 0.15) is 24.8 Å². The highest BCUT2D eigenvalue weighted by molar-refractivity contribution is 6.24. The molecular formula is C15H16N2O2. The number of nitrogens with zero attached hydrogens (tertiary/aromatic N) is 1. The number of benzene rings is 1. The fourth-order valence-corrected chi connectivity index (χ4v) is 2.75. The van der Waals surface area contributed by atoms with Gasteiger partial charge in [-0.15, -0.1) is 0 Å². The van der Waals surface area contributed by atoms with Crippen LogP contribution in [0.15, 0.2) is 24.3 Å². The van der Waals surface area contributed by atoms with E-state index in [2.05, 4.69) is 5.32 Å². The monoisotopic (exact) mass is 256 g/mol. The Morgan fingerprint density at radius 3 is 2.26 bits per heavy atom. The number of hydrogen-bond donors (Lipinski definition) is 1. The van der Waals surface area contributed by atoms with E-state index in [0.29, 0.717) is 6.04 Å². The Hall–Kier alpha value is -1.68.